The van der Waals surface area contributed by atoms with Crippen molar-refractivity contribution in [3.8, 4) is 23.1 Å². The summed E-state index contributed by atoms with van der Waals surface area (Å²) in [5, 5.41) is 9.62. The molecule has 0 aliphatic carbocycles. The van der Waals surface area contributed by atoms with E-state index in [0.29, 0.717) is 41.5 Å². The zero-order valence-corrected chi connectivity index (χ0v) is 18.7. The number of alkyl halides is 3. The maximum absolute atomic E-state index is 13.1. The predicted molar refractivity (Wildman–Crippen MR) is 117 cm³/mol. The molecule has 1 aliphatic rings. The maximum Gasteiger partial charge on any atom is 0.573 e. The van der Waals surface area contributed by atoms with Crippen LogP contribution in [0.5, 0.6) is 5.75 Å². The van der Waals surface area contributed by atoms with E-state index in [1.165, 1.54) is 30.3 Å². The second-order valence-electron chi connectivity index (χ2n) is 7.60. The molecule has 0 spiro atoms. The fourth-order valence-electron chi connectivity index (χ4n) is 3.70. The van der Waals surface area contributed by atoms with Gasteiger partial charge >= 0.3 is 6.36 Å². The zero-order valence-electron chi connectivity index (χ0n) is 17.9. The van der Waals surface area contributed by atoms with Gasteiger partial charge in [-0.2, -0.15) is 17.0 Å². The molecule has 1 aliphatic heterocycles. The van der Waals surface area contributed by atoms with Gasteiger partial charge in [0.2, 0.25) is 0 Å². The fourth-order valence-corrected chi connectivity index (χ4v) is 4.60. The number of amides is 1. The molecule has 0 radical (unpaired) electrons. The third-order valence-corrected chi connectivity index (χ3v) is 6.50. The lowest BCUT2D eigenvalue weighted by atomic mass is 9.97. The quantitative estimate of drug-likeness (QED) is 0.571. The number of nitrogens with zero attached hydrogens (tertiary/aromatic N) is 3. The van der Waals surface area contributed by atoms with Crippen LogP contribution in [0.4, 0.5) is 13.2 Å². The highest BCUT2D eigenvalue weighted by Crippen LogP contribution is 2.29. The molecule has 2 heterocycles. The molecule has 0 bridgehead atoms. The number of hydrogen-bond acceptors (Lipinski definition) is 5. The number of halogens is 3. The Bertz CT molecular complexity index is 995. The third-order valence-electron chi connectivity index (χ3n) is 5.38. The molecule has 1 aromatic carbocycles. The van der Waals surface area contributed by atoms with Crippen LogP contribution < -0.4 is 4.74 Å². The first kappa shape index (κ1) is 23.9. The van der Waals surface area contributed by atoms with Gasteiger partial charge in [-0.3, -0.25) is 9.78 Å². The van der Waals surface area contributed by atoms with Crippen molar-refractivity contribution < 1.29 is 22.7 Å². The van der Waals surface area contributed by atoms with Crippen molar-refractivity contribution in [3.63, 3.8) is 0 Å². The highest BCUT2D eigenvalue weighted by molar-refractivity contribution is 7.99. The normalized spacial score (nSPS) is 14.8. The number of likely N-dealkylation sites (tertiary alicyclic amines) is 1. The van der Waals surface area contributed by atoms with E-state index in [4.69, 9.17) is 0 Å². The van der Waals surface area contributed by atoms with E-state index in [2.05, 4.69) is 22.7 Å². The molecule has 9 heteroatoms. The number of thioether (sulfide) groups is 1. The molecule has 2 aromatic rings. The summed E-state index contributed by atoms with van der Waals surface area (Å²) in [5.74, 6) is 2.31. The first-order valence-corrected chi connectivity index (χ1v) is 11.5. The second kappa shape index (κ2) is 10.3. The number of rotatable bonds is 6. The smallest absolute Gasteiger partial charge is 0.406 e. The first-order valence-electron chi connectivity index (χ1n) is 10.4. The van der Waals surface area contributed by atoms with Gasteiger partial charge in [-0.15, -0.1) is 13.2 Å². The maximum atomic E-state index is 13.1. The summed E-state index contributed by atoms with van der Waals surface area (Å²) in [7, 11) is 0. The molecule has 3 rings (SSSR count). The lowest BCUT2D eigenvalue weighted by Gasteiger charge is -2.32. The number of benzene rings is 1. The molecular weight excluding hydrogens is 439 g/mol. The Morgan fingerprint density at radius 1 is 1.28 bits per heavy atom. The average Bonchev–Trinajstić information content (AvgIpc) is 2.77. The number of aromatic nitrogens is 1. The van der Waals surface area contributed by atoms with Crippen LogP contribution in [-0.2, 0) is 0 Å². The molecule has 0 N–H and O–H groups in total. The largest absolute Gasteiger partial charge is 0.573 e. The SMILES string of the molecule is CCSCC1CCN(C(=O)c2cc(C#N)c(-c3ccc(OC(F)(F)F)cc3)nc2C)CC1. The summed E-state index contributed by atoms with van der Waals surface area (Å²) >= 11 is 1.92. The van der Waals surface area contributed by atoms with Gasteiger partial charge in [0.15, 0.2) is 0 Å². The van der Waals surface area contributed by atoms with Gasteiger partial charge in [0.25, 0.3) is 5.91 Å². The average molecular weight is 464 g/mol. The lowest BCUT2D eigenvalue weighted by molar-refractivity contribution is -0.274. The van der Waals surface area contributed by atoms with Gasteiger partial charge in [0, 0.05) is 18.7 Å². The number of carbonyl (C=O) groups is 1. The number of ether oxygens (including phenoxy) is 1. The second-order valence-corrected chi connectivity index (χ2v) is 8.92. The van der Waals surface area contributed by atoms with Gasteiger partial charge in [-0.25, -0.2) is 0 Å². The topological polar surface area (TPSA) is 66.2 Å². The molecule has 1 aromatic heterocycles. The van der Waals surface area contributed by atoms with Crippen LogP contribution in [0, 0.1) is 24.2 Å². The number of carbonyl (C=O) groups excluding carboxylic acids is 1. The Balaban J connectivity index is 1.78. The van der Waals surface area contributed by atoms with Crippen molar-refractivity contribution in [2.45, 2.75) is 33.1 Å². The number of piperidine rings is 1. The molecule has 0 unspecified atom stereocenters. The molecule has 32 heavy (non-hydrogen) atoms. The van der Waals surface area contributed by atoms with Gasteiger partial charge in [0.1, 0.15) is 11.8 Å². The van der Waals surface area contributed by atoms with Gasteiger partial charge in [-0.05, 0) is 67.5 Å². The Morgan fingerprint density at radius 2 is 1.94 bits per heavy atom. The van der Waals surface area contributed by atoms with Crippen molar-refractivity contribution in [1.82, 2.24) is 9.88 Å². The third kappa shape index (κ3) is 5.94. The summed E-state index contributed by atoms with van der Waals surface area (Å²) in [5.41, 5.74) is 1.83. The Kier molecular flexibility index (Phi) is 7.67. The van der Waals surface area contributed by atoms with E-state index in [9.17, 15) is 23.2 Å². The van der Waals surface area contributed by atoms with Crippen LogP contribution in [0.25, 0.3) is 11.3 Å². The van der Waals surface area contributed by atoms with Gasteiger partial charge in [-0.1, -0.05) is 6.92 Å². The molecule has 1 amide bonds. The summed E-state index contributed by atoms with van der Waals surface area (Å²) in [6.07, 6.45) is -2.86. The van der Waals surface area contributed by atoms with E-state index >= 15 is 0 Å². The van der Waals surface area contributed by atoms with Crippen molar-refractivity contribution in [3.05, 3.63) is 47.2 Å². The lowest BCUT2D eigenvalue weighted by Crippen LogP contribution is -2.39. The van der Waals surface area contributed by atoms with E-state index < -0.39 is 6.36 Å². The standard InChI is InChI=1S/C23H24F3N3O2S/c1-3-32-14-16-8-10-29(11-9-16)22(30)20-12-18(13-27)21(28-15(20)2)17-4-6-19(7-5-17)31-23(24,25)26/h4-7,12,16H,3,8-11,14H2,1-2H3. The van der Waals surface area contributed by atoms with E-state index in [0.717, 1.165) is 24.3 Å². The van der Waals surface area contributed by atoms with Crippen LogP contribution >= 0.6 is 11.8 Å². The molecule has 170 valence electrons. The predicted octanol–water partition coefficient (Wildman–Crippen LogP) is 5.43. The zero-order chi connectivity index (χ0) is 23.3. The summed E-state index contributed by atoms with van der Waals surface area (Å²) in [6.45, 7) is 5.19. The van der Waals surface area contributed by atoms with Crippen LogP contribution in [0.2, 0.25) is 0 Å². The summed E-state index contributed by atoms with van der Waals surface area (Å²) in [6, 6.07) is 8.73. The monoisotopic (exact) mass is 463 g/mol. The minimum atomic E-state index is -4.78. The minimum absolute atomic E-state index is 0.145. The van der Waals surface area contributed by atoms with Crippen molar-refractivity contribution in [1.29, 1.82) is 5.26 Å². The Hall–Kier alpha value is -2.73. The molecule has 1 saturated heterocycles. The van der Waals surface area contributed by atoms with Crippen LogP contribution in [-0.4, -0.2) is 46.7 Å². The highest BCUT2D eigenvalue weighted by atomic mass is 32.2. The van der Waals surface area contributed by atoms with Crippen molar-refractivity contribution in [2.75, 3.05) is 24.6 Å². The number of hydrogen-bond donors (Lipinski definition) is 0. The molecular formula is C23H24F3N3O2S. The van der Waals surface area contributed by atoms with Crippen molar-refractivity contribution >= 4 is 17.7 Å². The number of aryl methyl sites for hydroxylation is 1. The molecule has 0 saturated carbocycles. The van der Waals surface area contributed by atoms with E-state index in [-0.39, 0.29) is 17.2 Å². The Labute approximate surface area is 189 Å². The molecule has 1 fully saturated rings. The number of nitriles is 1. The highest BCUT2D eigenvalue weighted by Gasteiger charge is 2.31. The van der Waals surface area contributed by atoms with Crippen molar-refractivity contribution in [2.24, 2.45) is 5.92 Å². The first-order chi connectivity index (χ1) is 15.2. The van der Waals surface area contributed by atoms with Crippen LogP contribution in [0.1, 0.15) is 41.4 Å². The van der Waals surface area contributed by atoms with Gasteiger partial charge < -0.3 is 9.64 Å². The van der Waals surface area contributed by atoms with Crippen LogP contribution in [0.3, 0.4) is 0 Å². The molecule has 0 atom stereocenters. The van der Waals surface area contributed by atoms with Crippen LogP contribution in [0.15, 0.2) is 30.3 Å². The van der Waals surface area contributed by atoms with Gasteiger partial charge in [0.05, 0.1) is 22.5 Å². The minimum Gasteiger partial charge on any atom is -0.406 e. The summed E-state index contributed by atoms with van der Waals surface area (Å²) in [4.78, 5) is 19.3. The number of pyridine rings is 1. The van der Waals surface area contributed by atoms with E-state index in [1.54, 1.807) is 11.8 Å². The van der Waals surface area contributed by atoms with E-state index in [1.807, 2.05) is 11.8 Å². The summed E-state index contributed by atoms with van der Waals surface area (Å²) < 4.78 is 41.0. The fraction of sp³-hybridized carbons (Fsp3) is 0.435. The molecule has 5 nitrogen and oxygen atoms in total. The Morgan fingerprint density at radius 3 is 2.50 bits per heavy atom.